The average Bonchev–Trinajstić information content (AvgIpc) is 2.73. The van der Waals surface area contributed by atoms with Gasteiger partial charge in [0.15, 0.2) is 17.5 Å². The lowest BCUT2D eigenvalue weighted by Gasteiger charge is -2.16. The van der Waals surface area contributed by atoms with Crippen LogP contribution in [-0.4, -0.2) is 78.5 Å². The number of aliphatic imine (C=N–C) groups is 1. The molecule has 1 rings (SSSR count). The predicted molar refractivity (Wildman–Crippen MR) is 113 cm³/mol. The summed E-state index contributed by atoms with van der Waals surface area (Å²) in [5, 5.41) is 6.29. The van der Waals surface area contributed by atoms with Gasteiger partial charge in [0.2, 0.25) is 11.7 Å². The monoisotopic (exact) mass is 410 g/mol. The van der Waals surface area contributed by atoms with E-state index in [2.05, 4.69) is 15.6 Å². The molecule has 0 heterocycles. The van der Waals surface area contributed by atoms with Gasteiger partial charge in [0.25, 0.3) is 0 Å². The maximum Gasteiger partial charge on any atom is 0.241 e. The third-order valence-corrected chi connectivity index (χ3v) is 4.01. The minimum atomic E-state index is -0.0402. The number of benzene rings is 1. The number of rotatable bonds is 12. The number of hydrogen-bond donors (Lipinski definition) is 2. The summed E-state index contributed by atoms with van der Waals surface area (Å²) in [6.45, 7) is 4.52. The second-order valence-corrected chi connectivity index (χ2v) is 6.32. The summed E-state index contributed by atoms with van der Waals surface area (Å²) in [6.07, 6.45) is 0.834. The Morgan fingerprint density at radius 1 is 1.07 bits per heavy atom. The number of carbonyl (C=O) groups is 1. The number of nitrogens with one attached hydrogen (secondary N) is 2. The van der Waals surface area contributed by atoms with Crippen LogP contribution in [-0.2, 0) is 16.1 Å². The minimum Gasteiger partial charge on any atom is -0.493 e. The predicted octanol–water partition coefficient (Wildman–Crippen LogP) is 1.26. The highest BCUT2D eigenvalue weighted by Gasteiger charge is 2.13. The molecule has 0 atom stereocenters. The van der Waals surface area contributed by atoms with Crippen molar-refractivity contribution in [2.75, 3.05) is 61.7 Å². The summed E-state index contributed by atoms with van der Waals surface area (Å²) < 4.78 is 21.5. The van der Waals surface area contributed by atoms with E-state index in [0.29, 0.717) is 49.5 Å². The van der Waals surface area contributed by atoms with Crippen LogP contribution in [0.4, 0.5) is 0 Å². The van der Waals surface area contributed by atoms with Gasteiger partial charge in [-0.25, -0.2) is 4.99 Å². The van der Waals surface area contributed by atoms with Gasteiger partial charge in [0.05, 0.1) is 34.4 Å². The van der Waals surface area contributed by atoms with Crippen molar-refractivity contribution in [3.05, 3.63) is 17.7 Å². The van der Waals surface area contributed by atoms with Gasteiger partial charge >= 0.3 is 0 Å². The Labute approximate surface area is 173 Å². The Morgan fingerprint density at radius 3 is 2.24 bits per heavy atom. The van der Waals surface area contributed by atoms with Crippen molar-refractivity contribution < 1.29 is 23.7 Å². The van der Waals surface area contributed by atoms with Crippen molar-refractivity contribution in [1.29, 1.82) is 0 Å². The second-order valence-electron chi connectivity index (χ2n) is 6.32. The molecule has 0 aromatic heterocycles. The zero-order valence-corrected chi connectivity index (χ0v) is 18.3. The van der Waals surface area contributed by atoms with Crippen LogP contribution in [0.2, 0.25) is 0 Å². The van der Waals surface area contributed by atoms with E-state index in [0.717, 1.165) is 12.0 Å². The number of amides is 1. The van der Waals surface area contributed by atoms with Crippen molar-refractivity contribution in [2.45, 2.75) is 19.9 Å². The first-order valence-corrected chi connectivity index (χ1v) is 9.55. The number of carbonyl (C=O) groups excluding carboxylic acids is 1. The minimum absolute atomic E-state index is 0.0402. The Hall–Kier alpha value is -2.68. The largest absolute Gasteiger partial charge is 0.493 e. The maximum atomic E-state index is 11.9. The molecule has 1 aromatic rings. The van der Waals surface area contributed by atoms with Crippen molar-refractivity contribution >= 4 is 11.9 Å². The summed E-state index contributed by atoms with van der Waals surface area (Å²) in [7, 11) is 8.14. The van der Waals surface area contributed by atoms with Gasteiger partial charge in [-0.15, -0.1) is 0 Å². The van der Waals surface area contributed by atoms with E-state index < -0.39 is 0 Å². The summed E-state index contributed by atoms with van der Waals surface area (Å²) in [5.41, 5.74) is 0.883. The molecule has 0 bridgehead atoms. The van der Waals surface area contributed by atoms with E-state index in [1.165, 1.54) is 4.90 Å². The molecule has 164 valence electrons. The molecular weight excluding hydrogens is 376 g/mol. The fraction of sp³-hybridized carbons (Fsp3) is 0.600. The molecule has 29 heavy (non-hydrogen) atoms. The normalized spacial score (nSPS) is 11.0. The fourth-order valence-electron chi connectivity index (χ4n) is 2.41. The topological polar surface area (TPSA) is 93.6 Å². The molecule has 9 nitrogen and oxygen atoms in total. The molecule has 0 radical (unpaired) electrons. The number of likely N-dealkylation sites (N-methyl/N-ethyl adjacent to an activating group) is 1. The van der Waals surface area contributed by atoms with Gasteiger partial charge in [-0.05, 0) is 31.0 Å². The third-order valence-electron chi connectivity index (χ3n) is 4.01. The van der Waals surface area contributed by atoms with Crippen LogP contribution in [0.5, 0.6) is 17.2 Å². The van der Waals surface area contributed by atoms with Crippen molar-refractivity contribution in [1.82, 2.24) is 15.5 Å². The lowest BCUT2D eigenvalue weighted by molar-refractivity contribution is -0.127. The summed E-state index contributed by atoms with van der Waals surface area (Å²) in [5.74, 6) is 2.18. The highest BCUT2D eigenvalue weighted by molar-refractivity contribution is 5.86. The molecule has 0 aliphatic carbocycles. The third kappa shape index (κ3) is 8.47. The lowest BCUT2D eigenvalue weighted by atomic mass is 10.2. The highest BCUT2D eigenvalue weighted by Crippen LogP contribution is 2.38. The Morgan fingerprint density at radius 2 is 1.72 bits per heavy atom. The molecule has 0 saturated heterocycles. The van der Waals surface area contributed by atoms with Crippen LogP contribution in [0, 0.1) is 0 Å². The number of hydrogen-bond acceptors (Lipinski definition) is 6. The zero-order valence-electron chi connectivity index (χ0n) is 18.3. The molecular formula is C20H34N4O5. The van der Waals surface area contributed by atoms with Gasteiger partial charge in [-0.2, -0.15) is 0 Å². The van der Waals surface area contributed by atoms with E-state index in [9.17, 15) is 4.79 Å². The van der Waals surface area contributed by atoms with Crippen LogP contribution in [0.3, 0.4) is 0 Å². The molecule has 0 spiro atoms. The first-order chi connectivity index (χ1) is 14.0. The van der Waals surface area contributed by atoms with Crippen molar-refractivity contribution in [2.24, 2.45) is 4.99 Å². The SMILES string of the molecule is CCOCCCNC(=NCc1cc(OC)c(OC)c(OC)c1)NCC(=O)N(C)C. The Kier molecular flexibility index (Phi) is 11.3. The quantitative estimate of drug-likeness (QED) is 0.304. The van der Waals surface area contributed by atoms with Crippen LogP contribution in [0.25, 0.3) is 0 Å². The van der Waals surface area contributed by atoms with E-state index in [1.807, 2.05) is 19.1 Å². The van der Waals surface area contributed by atoms with E-state index >= 15 is 0 Å². The van der Waals surface area contributed by atoms with Gasteiger partial charge in [-0.3, -0.25) is 4.79 Å². The van der Waals surface area contributed by atoms with E-state index in [-0.39, 0.29) is 12.5 Å². The highest BCUT2D eigenvalue weighted by atomic mass is 16.5. The summed E-state index contributed by atoms with van der Waals surface area (Å²) in [4.78, 5) is 18.0. The van der Waals surface area contributed by atoms with Gasteiger partial charge in [0, 0.05) is 33.9 Å². The fourth-order valence-corrected chi connectivity index (χ4v) is 2.41. The zero-order chi connectivity index (χ0) is 21.6. The molecule has 1 amide bonds. The maximum absolute atomic E-state index is 11.9. The number of ether oxygens (including phenoxy) is 4. The standard InChI is InChI=1S/C20H34N4O5/c1-7-29-10-8-9-21-20(23-14-18(25)24(2)3)22-13-15-11-16(26-4)19(28-6)17(12-15)27-5/h11-12H,7-10,13-14H2,1-6H3,(H2,21,22,23). The molecule has 2 N–H and O–H groups in total. The number of methoxy groups -OCH3 is 3. The van der Waals surface area contributed by atoms with Crippen molar-refractivity contribution in [3.8, 4) is 17.2 Å². The van der Waals surface area contributed by atoms with Crippen LogP contribution in [0.15, 0.2) is 17.1 Å². The van der Waals surface area contributed by atoms with Crippen LogP contribution in [0.1, 0.15) is 18.9 Å². The average molecular weight is 411 g/mol. The number of guanidine groups is 1. The van der Waals surface area contributed by atoms with Crippen LogP contribution >= 0.6 is 0 Å². The number of nitrogens with zero attached hydrogens (tertiary/aromatic N) is 2. The summed E-state index contributed by atoms with van der Waals surface area (Å²) >= 11 is 0. The Bertz CT molecular complexity index is 639. The first-order valence-electron chi connectivity index (χ1n) is 9.55. The molecule has 0 aliphatic rings. The molecule has 0 fully saturated rings. The molecule has 1 aromatic carbocycles. The first kappa shape index (κ1) is 24.4. The van der Waals surface area contributed by atoms with Gasteiger partial charge < -0.3 is 34.5 Å². The van der Waals surface area contributed by atoms with Crippen molar-refractivity contribution in [3.63, 3.8) is 0 Å². The molecule has 0 unspecified atom stereocenters. The smallest absolute Gasteiger partial charge is 0.241 e. The van der Waals surface area contributed by atoms with Gasteiger partial charge in [0.1, 0.15) is 0 Å². The molecule has 9 heteroatoms. The van der Waals surface area contributed by atoms with E-state index in [1.54, 1.807) is 35.4 Å². The van der Waals surface area contributed by atoms with E-state index in [4.69, 9.17) is 18.9 Å². The van der Waals surface area contributed by atoms with Crippen LogP contribution < -0.4 is 24.8 Å². The lowest BCUT2D eigenvalue weighted by Crippen LogP contribution is -2.43. The Balaban J connectivity index is 2.89. The molecule has 0 saturated carbocycles. The summed E-state index contributed by atoms with van der Waals surface area (Å²) in [6, 6.07) is 3.70. The second kappa shape index (κ2) is 13.5. The molecule has 0 aliphatic heterocycles. The van der Waals surface area contributed by atoms with Gasteiger partial charge in [-0.1, -0.05) is 0 Å².